The number of halogens is 2. The molecular weight excluding hydrogens is 321 g/mol. The van der Waals surface area contributed by atoms with Gasteiger partial charge in [0.25, 0.3) is 0 Å². The van der Waals surface area contributed by atoms with Crippen LogP contribution in [-0.2, 0) is 6.54 Å². The quantitative estimate of drug-likeness (QED) is 0.722. The molecule has 4 heteroatoms. The van der Waals surface area contributed by atoms with Gasteiger partial charge in [0.2, 0.25) is 0 Å². The molecule has 2 aromatic rings. The predicted molar refractivity (Wildman–Crippen MR) is 93.7 cm³/mol. The molecule has 0 amide bonds. The largest absolute Gasteiger partial charge is 0.310 e. The van der Waals surface area contributed by atoms with Crippen molar-refractivity contribution >= 4 is 35.0 Å². The molecular formula is C17H19Cl2NS. The molecule has 1 N–H and O–H groups in total. The average Bonchev–Trinajstić information content (AvgIpc) is 2.43. The lowest BCUT2D eigenvalue weighted by Gasteiger charge is -2.13. The highest BCUT2D eigenvalue weighted by Crippen LogP contribution is 2.34. The first-order chi connectivity index (χ1) is 9.95. The molecule has 21 heavy (non-hydrogen) atoms. The van der Waals surface area contributed by atoms with Crippen LogP contribution >= 0.6 is 35.0 Å². The van der Waals surface area contributed by atoms with E-state index in [-0.39, 0.29) is 0 Å². The number of benzene rings is 2. The van der Waals surface area contributed by atoms with Gasteiger partial charge in [0.05, 0.1) is 10.0 Å². The van der Waals surface area contributed by atoms with Crippen LogP contribution in [0.4, 0.5) is 0 Å². The third-order valence-corrected chi connectivity index (χ3v) is 4.88. The van der Waals surface area contributed by atoms with Crippen molar-refractivity contribution in [1.29, 1.82) is 0 Å². The summed E-state index contributed by atoms with van der Waals surface area (Å²) in [5, 5.41) is 4.66. The van der Waals surface area contributed by atoms with Crippen molar-refractivity contribution in [3.05, 3.63) is 57.6 Å². The summed E-state index contributed by atoms with van der Waals surface area (Å²) in [6, 6.07) is 12.8. The van der Waals surface area contributed by atoms with E-state index in [1.54, 1.807) is 11.8 Å². The summed E-state index contributed by atoms with van der Waals surface area (Å²) >= 11 is 13.8. The van der Waals surface area contributed by atoms with Gasteiger partial charge >= 0.3 is 0 Å². The van der Waals surface area contributed by atoms with Crippen molar-refractivity contribution in [1.82, 2.24) is 5.32 Å². The summed E-state index contributed by atoms with van der Waals surface area (Å²) in [5.74, 6) is 0. The van der Waals surface area contributed by atoms with Crippen molar-refractivity contribution in [3.63, 3.8) is 0 Å². The molecule has 0 unspecified atom stereocenters. The van der Waals surface area contributed by atoms with Crippen molar-refractivity contribution in [2.75, 3.05) is 0 Å². The third kappa shape index (κ3) is 4.93. The van der Waals surface area contributed by atoms with Gasteiger partial charge in [0.1, 0.15) is 0 Å². The van der Waals surface area contributed by atoms with Crippen molar-refractivity contribution < 1.29 is 0 Å². The fourth-order valence-electron chi connectivity index (χ4n) is 1.93. The van der Waals surface area contributed by atoms with E-state index >= 15 is 0 Å². The predicted octanol–water partition coefficient (Wildman–Crippen LogP) is 5.95. The minimum Gasteiger partial charge on any atom is -0.310 e. The SMILES string of the molecule is Cc1ccc(Sc2ccc(Cl)c(Cl)c2)c(CNC(C)C)c1. The van der Waals surface area contributed by atoms with E-state index in [9.17, 15) is 0 Å². The summed E-state index contributed by atoms with van der Waals surface area (Å²) in [4.78, 5) is 2.34. The molecule has 0 aliphatic heterocycles. The smallest absolute Gasteiger partial charge is 0.0603 e. The first-order valence-corrected chi connectivity index (χ1v) is 8.49. The van der Waals surface area contributed by atoms with Gasteiger partial charge in [-0.05, 0) is 36.8 Å². The van der Waals surface area contributed by atoms with E-state index < -0.39 is 0 Å². The molecule has 0 aliphatic carbocycles. The first kappa shape index (κ1) is 16.7. The van der Waals surface area contributed by atoms with Gasteiger partial charge in [0, 0.05) is 22.4 Å². The maximum Gasteiger partial charge on any atom is 0.0603 e. The molecule has 0 saturated carbocycles. The third-order valence-electron chi connectivity index (χ3n) is 3.04. The van der Waals surface area contributed by atoms with Gasteiger partial charge in [-0.2, -0.15) is 0 Å². The second-order valence-corrected chi connectivity index (χ2v) is 7.25. The molecule has 2 aromatic carbocycles. The summed E-state index contributed by atoms with van der Waals surface area (Å²) in [5.41, 5.74) is 2.58. The lowest BCUT2D eigenvalue weighted by atomic mass is 10.1. The first-order valence-electron chi connectivity index (χ1n) is 6.91. The fourth-order valence-corrected chi connectivity index (χ4v) is 3.26. The molecule has 0 aliphatic rings. The highest BCUT2D eigenvalue weighted by atomic mass is 35.5. The number of rotatable bonds is 5. The van der Waals surface area contributed by atoms with Crippen molar-refractivity contribution in [2.24, 2.45) is 0 Å². The van der Waals surface area contributed by atoms with Crippen LogP contribution in [0.3, 0.4) is 0 Å². The molecule has 0 heterocycles. The number of nitrogens with one attached hydrogen (secondary N) is 1. The summed E-state index contributed by atoms with van der Waals surface area (Å²) < 4.78 is 0. The van der Waals surface area contributed by atoms with Gasteiger partial charge in [-0.15, -0.1) is 0 Å². The summed E-state index contributed by atoms with van der Waals surface area (Å²) in [6.45, 7) is 7.29. The van der Waals surface area contributed by atoms with Crippen LogP contribution in [0.15, 0.2) is 46.2 Å². The van der Waals surface area contributed by atoms with Crippen molar-refractivity contribution in [3.8, 4) is 0 Å². The normalized spacial score (nSPS) is 11.1. The van der Waals surface area contributed by atoms with Crippen LogP contribution in [0.25, 0.3) is 0 Å². The second kappa shape index (κ2) is 7.55. The van der Waals surface area contributed by atoms with Crippen LogP contribution in [0.1, 0.15) is 25.0 Å². The standard InChI is InChI=1S/C17H19Cl2NS/c1-11(2)20-10-13-8-12(3)4-7-17(13)21-14-5-6-15(18)16(19)9-14/h4-9,11,20H,10H2,1-3H3. The Morgan fingerprint density at radius 3 is 2.48 bits per heavy atom. The Morgan fingerprint density at radius 2 is 1.81 bits per heavy atom. The van der Waals surface area contributed by atoms with E-state index in [0.717, 1.165) is 11.4 Å². The monoisotopic (exact) mass is 339 g/mol. The van der Waals surface area contributed by atoms with Crippen LogP contribution in [0.5, 0.6) is 0 Å². The van der Waals surface area contributed by atoms with Gasteiger partial charge in [-0.3, -0.25) is 0 Å². The molecule has 0 atom stereocenters. The molecule has 2 rings (SSSR count). The molecule has 112 valence electrons. The lowest BCUT2D eigenvalue weighted by Crippen LogP contribution is -2.22. The topological polar surface area (TPSA) is 12.0 Å². The molecule has 0 bridgehead atoms. The molecule has 0 saturated heterocycles. The highest BCUT2D eigenvalue weighted by Gasteiger charge is 2.07. The Balaban J connectivity index is 2.23. The van der Waals surface area contributed by atoms with Crippen molar-refractivity contribution in [2.45, 2.75) is 43.1 Å². The molecule has 0 radical (unpaired) electrons. The Hall–Kier alpha value is -0.670. The second-order valence-electron chi connectivity index (χ2n) is 5.32. The Labute approximate surface area is 141 Å². The average molecular weight is 340 g/mol. The zero-order valence-electron chi connectivity index (χ0n) is 12.4. The van der Waals surface area contributed by atoms with Gasteiger partial charge < -0.3 is 5.32 Å². The van der Waals surface area contributed by atoms with Crippen LogP contribution in [0.2, 0.25) is 10.0 Å². The highest BCUT2D eigenvalue weighted by molar-refractivity contribution is 7.99. The number of hydrogen-bond donors (Lipinski definition) is 1. The van der Waals surface area contributed by atoms with Crippen LogP contribution in [-0.4, -0.2) is 6.04 Å². The van der Waals surface area contributed by atoms with E-state index in [1.807, 2.05) is 18.2 Å². The molecule has 0 fully saturated rings. The maximum absolute atomic E-state index is 6.09. The number of hydrogen-bond acceptors (Lipinski definition) is 2. The van der Waals surface area contributed by atoms with Crippen LogP contribution in [0, 0.1) is 6.92 Å². The molecule has 1 nitrogen and oxygen atoms in total. The van der Waals surface area contributed by atoms with Crippen LogP contribution < -0.4 is 5.32 Å². The summed E-state index contributed by atoms with van der Waals surface area (Å²) in [7, 11) is 0. The lowest BCUT2D eigenvalue weighted by molar-refractivity contribution is 0.584. The maximum atomic E-state index is 6.09. The van der Waals surface area contributed by atoms with E-state index in [1.165, 1.54) is 16.0 Å². The minimum atomic E-state index is 0.466. The zero-order valence-corrected chi connectivity index (χ0v) is 14.7. The minimum absolute atomic E-state index is 0.466. The van der Waals surface area contributed by atoms with Gasteiger partial charge in [0.15, 0.2) is 0 Å². The Morgan fingerprint density at radius 1 is 1.05 bits per heavy atom. The van der Waals surface area contributed by atoms with Gasteiger partial charge in [-0.25, -0.2) is 0 Å². The zero-order chi connectivity index (χ0) is 15.4. The van der Waals surface area contributed by atoms with E-state index in [4.69, 9.17) is 23.2 Å². The summed E-state index contributed by atoms with van der Waals surface area (Å²) in [6.07, 6.45) is 0. The molecule has 0 spiro atoms. The Kier molecular flexibility index (Phi) is 6.00. The molecule has 0 aromatic heterocycles. The van der Waals surface area contributed by atoms with E-state index in [2.05, 4.69) is 44.3 Å². The fraction of sp³-hybridized carbons (Fsp3) is 0.294. The number of aryl methyl sites for hydroxylation is 1. The Bertz CT molecular complexity index is 626. The van der Waals surface area contributed by atoms with E-state index in [0.29, 0.717) is 16.1 Å². The van der Waals surface area contributed by atoms with Gasteiger partial charge in [-0.1, -0.05) is 66.5 Å².